The van der Waals surface area contributed by atoms with Gasteiger partial charge in [-0.1, -0.05) is 74.6 Å². The third kappa shape index (κ3) is 3.60. The Hall–Kier alpha value is -1.85. The number of esters is 1. The zero-order valence-electron chi connectivity index (χ0n) is 18.5. The van der Waals surface area contributed by atoms with Crippen molar-refractivity contribution in [2.24, 2.45) is 16.7 Å². The van der Waals surface area contributed by atoms with E-state index in [1.54, 1.807) is 23.1 Å². The van der Waals surface area contributed by atoms with Crippen LogP contribution < -0.4 is 4.57 Å². The Bertz CT molecular complexity index is 1110. The molecule has 2 saturated carbocycles. The second-order valence-electron chi connectivity index (χ2n) is 9.79. The van der Waals surface area contributed by atoms with Crippen molar-refractivity contribution in [3.63, 3.8) is 0 Å². The number of carbonyl (C=O) groups excluding carboxylic acids is 1. The highest BCUT2D eigenvalue weighted by Crippen LogP contribution is 2.66. The van der Waals surface area contributed by atoms with Crippen molar-refractivity contribution in [3.05, 3.63) is 60.2 Å². The quantitative estimate of drug-likeness (QED) is 0.252. The van der Waals surface area contributed by atoms with Crippen molar-refractivity contribution in [2.45, 2.75) is 62.8 Å². The van der Waals surface area contributed by atoms with Crippen LogP contribution in [0.5, 0.6) is 0 Å². The minimum absolute atomic E-state index is 0.0414. The summed E-state index contributed by atoms with van der Waals surface area (Å²) in [7, 11) is 0. The van der Waals surface area contributed by atoms with Gasteiger partial charge in [-0.25, -0.2) is 4.79 Å². The van der Waals surface area contributed by atoms with E-state index in [0.29, 0.717) is 5.92 Å². The third-order valence-corrected chi connectivity index (χ3v) is 10.6. The number of thiazole rings is 1. The van der Waals surface area contributed by atoms with Crippen molar-refractivity contribution < 1.29 is 14.1 Å². The number of nitrogens with zero attached hydrogens (tertiary/aromatic N) is 1. The van der Waals surface area contributed by atoms with Gasteiger partial charge in [0.2, 0.25) is 12.1 Å². The van der Waals surface area contributed by atoms with Gasteiger partial charge in [0.25, 0.3) is 4.34 Å². The highest BCUT2D eigenvalue weighted by atomic mass is 32.2. The van der Waals surface area contributed by atoms with Gasteiger partial charge in [0.1, 0.15) is 10.8 Å². The summed E-state index contributed by atoms with van der Waals surface area (Å²) in [5.41, 5.74) is 2.74. The molecular formula is C26H30NO2S2+. The largest absolute Gasteiger partial charge is 0.457 e. The molecule has 2 aliphatic carbocycles. The van der Waals surface area contributed by atoms with E-state index >= 15 is 0 Å². The summed E-state index contributed by atoms with van der Waals surface area (Å²) in [5.74, 6) is 1.45. The fourth-order valence-electron chi connectivity index (χ4n) is 5.62. The molecule has 1 heterocycles. The maximum Gasteiger partial charge on any atom is 0.373 e. The van der Waals surface area contributed by atoms with Gasteiger partial charge in [-0.2, -0.15) is 4.57 Å². The van der Waals surface area contributed by atoms with Crippen LogP contribution in [0.25, 0.3) is 10.2 Å². The summed E-state index contributed by atoms with van der Waals surface area (Å²) in [6, 6.07) is 18.8. The van der Waals surface area contributed by atoms with E-state index in [4.69, 9.17) is 4.74 Å². The average molecular weight is 453 g/mol. The molecule has 5 rings (SSSR count). The molecule has 0 radical (unpaired) electrons. The van der Waals surface area contributed by atoms with Gasteiger partial charge in [0.15, 0.2) is 0 Å². The fourth-order valence-corrected chi connectivity index (χ4v) is 8.00. The number of benzene rings is 2. The third-order valence-electron chi connectivity index (χ3n) is 8.05. The Balaban J connectivity index is 1.35. The van der Waals surface area contributed by atoms with Crippen molar-refractivity contribution >= 4 is 39.3 Å². The summed E-state index contributed by atoms with van der Waals surface area (Å²) < 4.78 is 10.7. The summed E-state index contributed by atoms with van der Waals surface area (Å²) in [6.07, 6.45) is 3.48. The van der Waals surface area contributed by atoms with E-state index in [2.05, 4.69) is 67.8 Å². The van der Waals surface area contributed by atoms with Gasteiger partial charge in [-0.05, 0) is 54.0 Å². The van der Waals surface area contributed by atoms with Crippen LogP contribution in [0.1, 0.15) is 45.6 Å². The smallest absolute Gasteiger partial charge is 0.373 e. The molecule has 2 aromatic carbocycles. The van der Waals surface area contributed by atoms with Gasteiger partial charge in [0.05, 0.1) is 0 Å². The molecule has 1 aromatic heterocycles. The number of hydrogen-bond acceptors (Lipinski definition) is 4. The Labute approximate surface area is 192 Å². The molecule has 0 spiro atoms. The maximum atomic E-state index is 13.1. The molecule has 0 aliphatic heterocycles. The molecule has 3 aromatic rings. The number of para-hydroxylation sites is 1. The lowest BCUT2D eigenvalue weighted by atomic mass is 9.70. The van der Waals surface area contributed by atoms with E-state index in [1.165, 1.54) is 16.7 Å². The number of fused-ring (bicyclic) bond motifs is 3. The lowest BCUT2D eigenvalue weighted by molar-refractivity contribution is -0.691. The van der Waals surface area contributed by atoms with Gasteiger partial charge >= 0.3 is 5.97 Å². The first-order chi connectivity index (χ1) is 14.9. The van der Waals surface area contributed by atoms with E-state index in [-0.39, 0.29) is 29.4 Å². The molecule has 0 saturated heterocycles. The van der Waals surface area contributed by atoms with Crippen LogP contribution in [0, 0.1) is 16.7 Å². The lowest BCUT2D eigenvalue weighted by Gasteiger charge is -2.38. The minimum Gasteiger partial charge on any atom is -0.457 e. The van der Waals surface area contributed by atoms with Crippen LogP contribution in [-0.2, 0) is 21.8 Å². The zero-order chi connectivity index (χ0) is 21.6. The van der Waals surface area contributed by atoms with Crippen molar-refractivity contribution in [2.75, 3.05) is 0 Å². The number of thioether (sulfide) groups is 1. The molecule has 3 atom stereocenters. The highest BCUT2D eigenvalue weighted by molar-refractivity contribution is 8.00. The van der Waals surface area contributed by atoms with Crippen LogP contribution >= 0.6 is 23.1 Å². The Kier molecular flexibility index (Phi) is 5.38. The molecule has 0 amide bonds. The van der Waals surface area contributed by atoms with Gasteiger partial charge in [-0.15, -0.1) is 0 Å². The summed E-state index contributed by atoms with van der Waals surface area (Å²) >= 11 is 3.55. The second kappa shape index (κ2) is 7.93. The normalized spacial score (nSPS) is 26.4. The van der Waals surface area contributed by atoms with Crippen molar-refractivity contribution in [3.8, 4) is 0 Å². The molecule has 2 aliphatic rings. The van der Waals surface area contributed by atoms with Crippen molar-refractivity contribution in [1.29, 1.82) is 0 Å². The van der Waals surface area contributed by atoms with Crippen molar-refractivity contribution in [1.82, 2.24) is 0 Å². The molecule has 3 nitrogen and oxygen atoms in total. The standard InChI is InChI=1S/C26H30NO2S2/c1-25(2)19-13-14-26(25,3)22(15-19)29-23(28)16-27-20-11-7-8-12-21(20)31-24(27)30-17-18-9-5-4-6-10-18/h4-12,19,22H,13-17H2,1-3H3/q+1/t19-,22+,26+/m1/s1. The first-order valence-corrected chi connectivity index (χ1v) is 13.0. The molecule has 0 unspecified atom stereocenters. The predicted octanol–water partition coefficient (Wildman–Crippen LogP) is 6.24. The molecular weight excluding hydrogens is 422 g/mol. The predicted molar refractivity (Wildman–Crippen MR) is 127 cm³/mol. The van der Waals surface area contributed by atoms with Crippen LogP contribution in [0.15, 0.2) is 58.9 Å². The molecule has 31 heavy (non-hydrogen) atoms. The lowest BCUT2D eigenvalue weighted by Crippen LogP contribution is -2.43. The van der Waals surface area contributed by atoms with Gasteiger partial charge in [0, 0.05) is 17.2 Å². The fraction of sp³-hybridized carbons (Fsp3) is 0.462. The summed E-state index contributed by atoms with van der Waals surface area (Å²) in [6.45, 7) is 7.32. The van der Waals surface area contributed by atoms with E-state index < -0.39 is 0 Å². The SMILES string of the molecule is CC1(C)[C@@H]2CC[C@@]1(C)[C@@H](OC(=O)C[n+]1c(SCc3ccccc3)sc3ccccc31)C2. The molecule has 162 valence electrons. The Morgan fingerprint density at radius 2 is 1.87 bits per heavy atom. The molecule has 2 fully saturated rings. The maximum absolute atomic E-state index is 13.1. The summed E-state index contributed by atoms with van der Waals surface area (Å²) in [5, 5.41) is 0. The molecule has 2 bridgehead atoms. The number of aromatic nitrogens is 1. The van der Waals surface area contributed by atoms with E-state index in [1.807, 2.05) is 12.1 Å². The van der Waals surface area contributed by atoms with E-state index in [0.717, 1.165) is 28.5 Å². The minimum atomic E-state index is -0.107. The number of carbonyl (C=O) groups is 1. The monoisotopic (exact) mass is 452 g/mol. The van der Waals surface area contributed by atoms with E-state index in [9.17, 15) is 4.79 Å². The van der Waals surface area contributed by atoms with Gasteiger partial charge in [-0.3, -0.25) is 0 Å². The van der Waals surface area contributed by atoms with Crippen LogP contribution in [0.3, 0.4) is 0 Å². The second-order valence-corrected chi connectivity index (χ2v) is 12.0. The van der Waals surface area contributed by atoms with Crippen LogP contribution in [0.2, 0.25) is 0 Å². The first kappa shape index (κ1) is 21.0. The van der Waals surface area contributed by atoms with Crippen LogP contribution in [-0.4, -0.2) is 12.1 Å². The first-order valence-electron chi connectivity index (χ1n) is 11.2. The highest BCUT2D eigenvalue weighted by Gasteiger charge is 2.63. The van der Waals surface area contributed by atoms with Crippen LogP contribution in [0.4, 0.5) is 0 Å². The Morgan fingerprint density at radius 1 is 1.13 bits per heavy atom. The molecule has 0 N–H and O–H groups in total. The average Bonchev–Trinajstić information content (AvgIpc) is 3.28. The molecule has 5 heteroatoms. The topological polar surface area (TPSA) is 30.2 Å². The number of rotatable bonds is 6. The van der Waals surface area contributed by atoms with Gasteiger partial charge < -0.3 is 4.74 Å². The summed E-state index contributed by atoms with van der Waals surface area (Å²) in [4.78, 5) is 13.1. The zero-order valence-corrected chi connectivity index (χ0v) is 20.1. The number of hydrogen-bond donors (Lipinski definition) is 0. The Morgan fingerprint density at radius 3 is 2.58 bits per heavy atom. The number of ether oxygens (including phenoxy) is 1.